The largest absolute Gasteiger partial charge is 0.362 e. The van der Waals surface area contributed by atoms with Gasteiger partial charge in [0.05, 0.1) is 6.54 Å². The van der Waals surface area contributed by atoms with E-state index in [0.717, 1.165) is 29.4 Å². The molecule has 1 aliphatic carbocycles. The number of rotatable bonds is 3. The predicted molar refractivity (Wildman–Crippen MR) is 81.2 cm³/mol. The molecular formula is C17H26N2O. The van der Waals surface area contributed by atoms with E-state index in [2.05, 4.69) is 9.88 Å². The van der Waals surface area contributed by atoms with E-state index in [-0.39, 0.29) is 5.78 Å². The minimum Gasteiger partial charge on any atom is -0.362 e. The van der Waals surface area contributed by atoms with Crippen LogP contribution in [0.3, 0.4) is 0 Å². The molecule has 3 nitrogen and oxygen atoms in total. The molecule has 0 unspecified atom stereocenters. The number of aromatic amines is 1. The van der Waals surface area contributed by atoms with Gasteiger partial charge in [-0.3, -0.25) is 9.69 Å². The Labute approximate surface area is 121 Å². The highest BCUT2D eigenvalue weighted by molar-refractivity contribution is 5.98. The zero-order chi connectivity index (χ0) is 14.1. The average molecular weight is 274 g/mol. The van der Waals surface area contributed by atoms with E-state index in [0.29, 0.717) is 12.6 Å². The molecule has 2 fully saturated rings. The third kappa shape index (κ3) is 2.69. The van der Waals surface area contributed by atoms with Gasteiger partial charge in [-0.25, -0.2) is 0 Å². The second-order valence-corrected chi connectivity index (χ2v) is 6.64. The number of ketones is 1. The molecule has 2 atom stereocenters. The lowest BCUT2D eigenvalue weighted by Crippen LogP contribution is -2.48. The van der Waals surface area contributed by atoms with E-state index in [1.165, 1.54) is 38.5 Å². The van der Waals surface area contributed by atoms with Crippen LogP contribution in [0.2, 0.25) is 0 Å². The van der Waals surface area contributed by atoms with Gasteiger partial charge in [0.1, 0.15) is 0 Å². The van der Waals surface area contributed by atoms with Crippen LogP contribution in [0.4, 0.5) is 0 Å². The molecule has 1 saturated carbocycles. The van der Waals surface area contributed by atoms with Gasteiger partial charge in [0.25, 0.3) is 0 Å². The van der Waals surface area contributed by atoms with Crippen molar-refractivity contribution in [3.63, 3.8) is 0 Å². The second kappa shape index (κ2) is 5.72. The topological polar surface area (TPSA) is 36.1 Å². The summed E-state index contributed by atoms with van der Waals surface area (Å²) < 4.78 is 0. The summed E-state index contributed by atoms with van der Waals surface area (Å²) in [6.07, 6.45) is 8.03. The number of hydrogen-bond donors (Lipinski definition) is 1. The van der Waals surface area contributed by atoms with Crippen molar-refractivity contribution in [3.8, 4) is 0 Å². The summed E-state index contributed by atoms with van der Waals surface area (Å²) in [5, 5.41) is 0. The molecule has 1 aliphatic heterocycles. The van der Waals surface area contributed by atoms with Gasteiger partial charge in [-0.15, -0.1) is 0 Å². The zero-order valence-corrected chi connectivity index (χ0v) is 12.7. The van der Waals surface area contributed by atoms with Crippen LogP contribution in [-0.2, 0) is 0 Å². The van der Waals surface area contributed by atoms with Crippen LogP contribution in [0, 0.1) is 19.8 Å². The molecule has 0 amide bonds. The highest BCUT2D eigenvalue weighted by Gasteiger charge is 2.34. The normalized spacial score (nSPS) is 27.3. The maximum atomic E-state index is 12.6. The van der Waals surface area contributed by atoms with Gasteiger partial charge >= 0.3 is 0 Å². The van der Waals surface area contributed by atoms with Crippen molar-refractivity contribution >= 4 is 5.78 Å². The van der Waals surface area contributed by atoms with E-state index in [9.17, 15) is 4.79 Å². The Kier molecular flexibility index (Phi) is 3.97. The van der Waals surface area contributed by atoms with E-state index >= 15 is 0 Å². The number of aryl methyl sites for hydroxylation is 2. The van der Waals surface area contributed by atoms with Gasteiger partial charge in [0.2, 0.25) is 0 Å². The number of likely N-dealkylation sites (tertiary alicyclic amines) is 1. The SMILES string of the molecule is Cc1cc(C(=O)CN2CCC[C@H]3CCCC[C@H]32)c(C)[nH]1. The lowest BCUT2D eigenvalue weighted by molar-refractivity contribution is 0.0539. The minimum atomic E-state index is 0.290. The standard InChI is InChI=1S/C17H26N2O/c1-12-10-15(13(2)18-12)17(20)11-19-9-5-7-14-6-3-4-8-16(14)19/h10,14,16,18H,3-9,11H2,1-2H3/t14-,16-/m1/s1. The number of carbonyl (C=O) groups excluding carboxylic acids is 1. The van der Waals surface area contributed by atoms with Crippen LogP contribution < -0.4 is 0 Å². The molecule has 1 saturated heterocycles. The number of piperidine rings is 1. The zero-order valence-electron chi connectivity index (χ0n) is 12.7. The van der Waals surface area contributed by atoms with Gasteiger partial charge in [-0.05, 0) is 58.1 Å². The molecular weight excluding hydrogens is 248 g/mol. The molecule has 3 heteroatoms. The van der Waals surface area contributed by atoms with Crippen molar-refractivity contribution < 1.29 is 4.79 Å². The third-order valence-electron chi connectivity index (χ3n) is 5.15. The van der Waals surface area contributed by atoms with Crippen LogP contribution >= 0.6 is 0 Å². The fourth-order valence-corrected chi connectivity index (χ4v) is 4.21. The molecule has 3 rings (SSSR count). The molecule has 0 bridgehead atoms. The van der Waals surface area contributed by atoms with E-state index in [1.807, 2.05) is 19.9 Å². The summed E-state index contributed by atoms with van der Waals surface area (Å²) in [5.41, 5.74) is 2.99. The molecule has 20 heavy (non-hydrogen) atoms. The van der Waals surface area contributed by atoms with E-state index < -0.39 is 0 Å². The number of fused-ring (bicyclic) bond motifs is 1. The van der Waals surface area contributed by atoms with E-state index in [1.54, 1.807) is 0 Å². The molecule has 1 aromatic heterocycles. The van der Waals surface area contributed by atoms with Gasteiger partial charge in [-0.2, -0.15) is 0 Å². The molecule has 2 aliphatic rings. The number of nitrogens with zero attached hydrogens (tertiary/aromatic N) is 1. The van der Waals surface area contributed by atoms with Crippen LogP contribution in [0.25, 0.3) is 0 Å². The molecule has 2 heterocycles. The van der Waals surface area contributed by atoms with Crippen LogP contribution in [0.1, 0.15) is 60.3 Å². The number of aromatic nitrogens is 1. The molecule has 1 aromatic rings. The molecule has 0 aromatic carbocycles. The van der Waals surface area contributed by atoms with E-state index in [4.69, 9.17) is 0 Å². The van der Waals surface area contributed by atoms with Crippen molar-refractivity contribution in [1.29, 1.82) is 0 Å². The smallest absolute Gasteiger partial charge is 0.178 e. The summed E-state index contributed by atoms with van der Waals surface area (Å²) in [6.45, 7) is 5.73. The Morgan fingerprint density at radius 2 is 2.00 bits per heavy atom. The first-order valence-electron chi connectivity index (χ1n) is 8.08. The lowest BCUT2D eigenvalue weighted by Gasteiger charge is -2.43. The first kappa shape index (κ1) is 13.9. The van der Waals surface area contributed by atoms with Crippen LogP contribution in [0.5, 0.6) is 0 Å². The fraction of sp³-hybridized carbons (Fsp3) is 0.706. The molecule has 110 valence electrons. The van der Waals surface area contributed by atoms with Crippen molar-refractivity contribution in [2.75, 3.05) is 13.1 Å². The summed E-state index contributed by atoms with van der Waals surface area (Å²) in [6, 6.07) is 2.67. The Hall–Kier alpha value is -1.09. The minimum absolute atomic E-state index is 0.290. The molecule has 1 N–H and O–H groups in total. The Morgan fingerprint density at radius 1 is 1.25 bits per heavy atom. The van der Waals surface area contributed by atoms with Gasteiger partial charge in [0.15, 0.2) is 5.78 Å². The summed E-state index contributed by atoms with van der Waals surface area (Å²) in [7, 11) is 0. The molecule has 0 spiro atoms. The summed E-state index contributed by atoms with van der Waals surface area (Å²) >= 11 is 0. The lowest BCUT2D eigenvalue weighted by atomic mass is 9.78. The fourth-order valence-electron chi connectivity index (χ4n) is 4.21. The first-order chi connectivity index (χ1) is 9.65. The number of hydrogen-bond acceptors (Lipinski definition) is 2. The number of carbonyl (C=O) groups is 1. The maximum Gasteiger partial charge on any atom is 0.178 e. The Bertz CT molecular complexity index is 489. The first-order valence-corrected chi connectivity index (χ1v) is 8.08. The van der Waals surface area contributed by atoms with Crippen LogP contribution in [-0.4, -0.2) is 34.8 Å². The average Bonchev–Trinajstić information content (AvgIpc) is 2.78. The quantitative estimate of drug-likeness (QED) is 0.857. The van der Waals surface area contributed by atoms with Crippen LogP contribution in [0.15, 0.2) is 6.07 Å². The monoisotopic (exact) mass is 274 g/mol. The summed E-state index contributed by atoms with van der Waals surface area (Å²) in [4.78, 5) is 18.3. The predicted octanol–water partition coefficient (Wildman–Crippen LogP) is 3.47. The van der Waals surface area contributed by atoms with Crippen molar-refractivity contribution in [2.45, 2.75) is 58.4 Å². The Morgan fingerprint density at radius 3 is 2.75 bits per heavy atom. The number of H-pyrrole nitrogens is 1. The number of Topliss-reactive ketones (excluding diaryl/α,β-unsaturated/α-hetero) is 1. The highest BCUT2D eigenvalue weighted by atomic mass is 16.1. The van der Waals surface area contributed by atoms with Gasteiger partial charge in [-0.1, -0.05) is 12.8 Å². The maximum absolute atomic E-state index is 12.6. The molecule has 0 radical (unpaired) electrons. The second-order valence-electron chi connectivity index (χ2n) is 6.64. The number of nitrogens with one attached hydrogen (secondary N) is 1. The van der Waals surface area contributed by atoms with Gasteiger partial charge < -0.3 is 4.98 Å². The van der Waals surface area contributed by atoms with Crippen molar-refractivity contribution in [3.05, 3.63) is 23.0 Å². The van der Waals surface area contributed by atoms with Crippen molar-refractivity contribution in [1.82, 2.24) is 9.88 Å². The van der Waals surface area contributed by atoms with Crippen molar-refractivity contribution in [2.24, 2.45) is 5.92 Å². The Balaban J connectivity index is 1.70. The van der Waals surface area contributed by atoms with Gasteiger partial charge in [0, 0.05) is 23.0 Å². The summed E-state index contributed by atoms with van der Waals surface area (Å²) in [5.74, 6) is 1.14. The highest BCUT2D eigenvalue weighted by Crippen LogP contribution is 2.35. The third-order valence-corrected chi connectivity index (χ3v) is 5.15.